The van der Waals surface area contributed by atoms with E-state index in [0.717, 1.165) is 12.5 Å². The minimum atomic E-state index is -0.625. The molecule has 0 bridgehead atoms. The Morgan fingerprint density at radius 2 is 2.36 bits per heavy atom. The van der Waals surface area contributed by atoms with Crippen LogP contribution < -0.4 is 0 Å². The molecular formula is C16H19FN2O3. The van der Waals surface area contributed by atoms with Crippen LogP contribution in [0, 0.1) is 17.1 Å². The van der Waals surface area contributed by atoms with Crippen molar-refractivity contribution in [3.63, 3.8) is 0 Å². The third-order valence-corrected chi connectivity index (χ3v) is 3.87. The molecule has 0 aromatic heterocycles. The third-order valence-electron chi connectivity index (χ3n) is 3.87. The first-order chi connectivity index (χ1) is 10.6. The van der Waals surface area contributed by atoms with Crippen molar-refractivity contribution < 1.29 is 18.7 Å². The molecule has 0 saturated carbocycles. The van der Waals surface area contributed by atoms with E-state index in [-0.39, 0.29) is 23.6 Å². The van der Waals surface area contributed by atoms with Crippen LogP contribution in [0.25, 0.3) is 0 Å². The highest BCUT2D eigenvalue weighted by Gasteiger charge is 2.33. The molecule has 1 aromatic carbocycles. The molecular weight excluding hydrogens is 287 g/mol. The van der Waals surface area contributed by atoms with E-state index < -0.39 is 5.82 Å². The lowest BCUT2D eigenvalue weighted by Gasteiger charge is -2.30. The highest BCUT2D eigenvalue weighted by Crippen LogP contribution is 2.22. The number of methoxy groups -OCH3 is 1. The van der Waals surface area contributed by atoms with Crippen molar-refractivity contribution in [2.75, 3.05) is 26.9 Å². The van der Waals surface area contributed by atoms with Crippen LogP contribution in [0.1, 0.15) is 29.3 Å². The van der Waals surface area contributed by atoms with E-state index in [0.29, 0.717) is 25.3 Å². The molecule has 1 fully saturated rings. The molecule has 22 heavy (non-hydrogen) atoms. The summed E-state index contributed by atoms with van der Waals surface area (Å²) in [6.07, 6.45) is 0.694. The number of benzene rings is 1. The van der Waals surface area contributed by atoms with Gasteiger partial charge in [0.1, 0.15) is 11.9 Å². The zero-order valence-electron chi connectivity index (χ0n) is 12.7. The molecule has 1 aromatic rings. The second-order valence-corrected chi connectivity index (χ2v) is 5.23. The van der Waals surface area contributed by atoms with Gasteiger partial charge < -0.3 is 14.4 Å². The number of ether oxygens (including phenoxy) is 2. The normalized spacial score (nSPS) is 20.6. The number of rotatable bonds is 5. The average molecular weight is 306 g/mol. The Bertz CT molecular complexity index is 585. The number of amides is 1. The number of halogens is 1. The summed E-state index contributed by atoms with van der Waals surface area (Å²) in [5.41, 5.74) is 0.168. The van der Waals surface area contributed by atoms with Crippen LogP contribution in [0.3, 0.4) is 0 Å². The van der Waals surface area contributed by atoms with Crippen LogP contribution in [0.15, 0.2) is 18.2 Å². The molecule has 1 amide bonds. The van der Waals surface area contributed by atoms with Gasteiger partial charge in [0, 0.05) is 25.8 Å². The van der Waals surface area contributed by atoms with Gasteiger partial charge in [-0.25, -0.2) is 4.39 Å². The molecule has 1 aliphatic heterocycles. The van der Waals surface area contributed by atoms with E-state index >= 15 is 0 Å². The Kier molecular flexibility index (Phi) is 5.47. The molecule has 6 heteroatoms. The van der Waals surface area contributed by atoms with E-state index in [4.69, 9.17) is 14.7 Å². The molecule has 0 radical (unpaired) electrons. The summed E-state index contributed by atoms with van der Waals surface area (Å²) in [7, 11) is 1.57. The van der Waals surface area contributed by atoms with Crippen molar-refractivity contribution in [1.82, 2.24) is 4.90 Å². The molecule has 1 aliphatic rings. The zero-order chi connectivity index (χ0) is 16.1. The van der Waals surface area contributed by atoms with Gasteiger partial charge >= 0.3 is 0 Å². The summed E-state index contributed by atoms with van der Waals surface area (Å²) in [6.45, 7) is 3.36. The fourth-order valence-corrected chi connectivity index (χ4v) is 2.65. The minimum Gasteiger partial charge on any atom is -0.383 e. The van der Waals surface area contributed by atoms with E-state index in [1.807, 2.05) is 6.92 Å². The molecule has 1 heterocycles. The fraction of sp³-hybridized carbons (Fsp3) is 0.500. The first-order valence-corrected chi connectivity index (χ1v) is 7.19. The molecule has 1 saturated heterocycles. The van der Waals surface area contributed by atoms with E-state index in [2.05, 4.69) is 0 Å². The molecule has 0 N–H and O–H groups in total. The highest BCUT2D eigenvalue weighted by atomic mass is 19.1. The first-order valence-electron chi connectivity index (χ1n) is 7.19. The van der Waals surface area contributed by atoms with Gasteiger partial charge in [-0.1, -0.05) is 0 Å². The summed E-state index contributed by atoms with van der Waals surface area (Å²) in [5.74, 6) is -0.865. The lowest BCUT2D eigenvalue weighted by Crippen LogP contribution is -2.45. The van der Waals surface area contributed by atoms with Crippen LogP contribution in [0.2, 0.25) is 0 Å². The molecule has 0 spiro atoms. The van der Waals surface area contributed by atoms with Crippen LogP contribution in [-0.2, 0) is 9.47 Å². The Labute approximate surface area is 129 Å². The van der Waals surface area contributed by atoms with Crippen molar-refractivity contribution in [2.24, 2.45) is 0 Å². The maximum atomic E-state index is 13.4. The largest absolute Gasteiger partial charge is 0.383 e. The number of hydrogen-bond donors (Lipinski definition) is 0. The molecule has 0 aliphatic carbocycles. The maximum absolute atomic E-state index is 13.4. The standard InChI is InChI=1S/C16H19FN2O3/c1-11-15(5-7-22-11)19(6-8-21-2)16(20)12-3-4-14(17)13(9-12)10-18/h3-4,9,11,15H,5-8H2,1-2H3/t11-,15+/m1/s1. The quantitative estimate of drug-likeness (QED) is 0.834. The molecule has 2 atom stereocenters. The van der Waals surface area contributed by atoms with Gasteiger partial charge in [-0.05, 0) is 31.5 Å². The molecule has 118 valence electrons. The second kappa shape index (κ2) is 7.34. The van der Waals surface area contributed by atoms with Gasteiger partial charge in [0.25, 0.3) is 5.91 Å². The smallest absolute Gasteiger partial charge is 0.254 e. The van der Waals surface area contributed by atoms with Crippen molar-refractivity contribution >= 4 is 5.91 Å². The van der Waals surface area contributed by atoms with Crippen LogP contribution in [-0.4, -0.2) is 49.8 Å². The first kappa shape index (κ1) is 16.4. The summed E-state index contributed by atoms with van der Waals surface area (Å²) < 4.78 is 24.0. The van der Waals surface area contributed by atoms with Crippen LogP contribution in [0.5, 0.6) is 0 Å². The van der Waals surface area contributed by atoms with Gasteiger partial charge in [0.05, 0.1) is 24.3 Å². The lowest BCUT2D eigenvalue weighted by molar-refractivity contribution is 0.0425. The van der Waals surface area contributed by atoms with Gasteiger partial charge in [0.2, 0.25) is 0 Å². The van der Waals surface area contributed by atoms with Crippen LogP contribution in [0.4, 0.5) is 4.39 Å². The SMILES string of the molecule is COCCN(C(=O)c1ccc(F)c(C#N)c1)[C@H]1CCO[C@@H]1C. The Morgan fingerprint density at radius 1 is 1.59 bits per heavy atom. The van der Waals surface area contributed by atoms with Gasteiger partial charge in [-0.3, -0.25) is 4.79 Å². The van der Waals surface area contributed by atoms with Crippen molar-refractivity contribution in [1.29, 1.82) is 5.26 Å². The Balaban J connectivity index is 2.26. The third kappa shape index (κ3) is 3.43. The topological polar surface area (TPSA) is 62.6 Å². The van der Waals surface area contributed by atoms with Crippen molar-refractivity contribution in [3.05, 3.63) is 35.1 Å². The van der Waals surface area contributed by atoms with E-state index in [9.17, 15) is 9.18 Å². The monoisotopic (exact) mass is 306 g/mol. The number of hydrogen-bond acceptors (Lipinski definition) is 4. The Morgan fingerprint density at radius 3 is 2.95 bits per heavy atom. The number of nitrogens with zero attached hydrogens (tertiary/aromatic N) is 2. The summed E-state index contributed by atoms with van der Waals surface area (Å²) in [5, 5.41) is 8.90. The van der Waals surface area contributed by atoms with Crippen molar-refractivity contribution in [3.8, 4) is 6.07 Å². The summed E-state index contributed by atoms with van der Waals surface area (Å²) in [4.78, 5) is 14.4. The zero-order valence-corrected chi connectivity index (χ0v) is 12.7. The molecule has 0 unspecified atom stereocenters. The predicted octanol–water partition coefficient (Wildman–Crippen LogP) is 1.96. The minimum absolute atomic E-state index is 0.0433. The number of carbonyl (C=O) groups is 1. The fourth-order valence-electron chi connectivity index (χ4n) is 2.65. The average Bonchev–Trinajstić information content (AvgIpc) is 2.94. The Hall–Kier alpha value is -1.97. The number of carbonyl (C=O) groups excluding carboxylic acids is 1. The van der Waals surface area contributed by atoms with E-state index in [1.54, 1.807) is 18.1 Å². The summed E-state index contributed by atoms with van der Waals surface area (Å²) >= 11 is 0. The second-order valence-electron chi connectivity index (χ2n) is 5.23. The lowest BCUT2D eigenvalue weighted by atomic mass is 10.1. The van der Waals surface area contributed by atoms with E-state index in [1.165, 1.54) is 12.1 Å². The number of nitriles is 1. The summed E-state index contributed by atoms with van der Waals surface area (Å²) in [6, 6.07) is 5.55. The van der Waals surface area contributed by atoms with Gasteiger partial charge in [0.15, 0.2) is 0 Å². The van der Waals surface area contributed by atoms with Crippen molar-refractivity contribution in [2.45, 2.75) is 25.5 Å². The predicted molar refractivity (Wildman–Crippen MR) is 77.8 cm³/mol. The molecule has 5 nitrogen and oxygen atoms in total. The van der Waals surface area contributed by atoms with Gasteiger partial charge in [-0.2, -0.15) is 5.26 Å². The maximum Gasteiger partial charge on any atom is 0.254 e. The molecule has 2 rings (SSSR count). The van der Waals surface area contributed by atoms with Crippen LogP contribution >= 0.6 is 0 Å². The highest BCUT2D eigenvalue weighted by molar-refractivity contribution is 5.94. The van der Waals surface area contributed by atoms with Gasteiger partial charge in [-0.15, -0.1) is 0 Å².